The second-order valence-electron chi connectivity index (χ2n) is 6.99. The van der Waals surface area contributed by atoms with E-state index in [1.165, 1.54) is 21.6 Å². The van der Waals surface area contributed by atoms with Gasteiger partial charge in [-0.15, -0.1) is 11.8 Å². The molecule has 112 valence electrons. The minimum absolute atomic E-state index is 0.598. The van der Waals surface area contributed by atoms with Gasteiger partial charge in [0.05, 0.1) is 8.07 Å². The van der Waals surface area contributed by atoms with Crippen LogP contribution in [0.3, 0.4) is 0 Å². The highest BCUT2D eigenvalue weighted by Gasteiger charge is 2.31. The van der Waals surface area contributed by atoms with Crippen molar-refractivity contribution in [1.29, 1.82) is 0 Å². The number of benzene rings is 2. The van der Waals surface area contributed by atoms with Crippen LogP contribution in [0.4, 0.5) is 0 Å². The topological polar surface area (TPSA) is 0 Å². The average Bonchev–Trinajstić information content (AvgIpc) is 2.36. The summed E-state index contributed by atoms with van der Waals surface area (Å²) in [5.41, 5.74) is 5.83. The van der Waals surface area contributed by atoms with Crippen molar-refractivity contribution in [3.05, 3.63) is 64.7 Å². The number of hydrogen-bond acceptors (Lipinski definition) is 1. The van der Waals surface area contributed by atoms with Gasteiger partial charge in [0.25, 0.3) is 0 Å². The maximum absolute atomic E-state index is 2.48. The lowest BCUT2D eigenvalue weighted by Gasteiger charge is -2.31. The molecule has 2 aromatic carbocycles. The van der Waals surface area contributed by atoms with Crippen LogP contribution >= 0.6 is 11.8 Å². The second kappa shape index (κ2) is 6.41. The average molecular weight is 315 g/mol. The molecule has 0 N–H and O–H groups in total. The van der Waals surface area contributed by atoms with E-state index in [0.29, 0.717) is 4.87 Å². The zero-order valence-corrected chi connectivity index (χ0v) is 15.8. The zero-order valence-electron chi connectivity index (χ0n) is 14.0. The summed E-state index contributed by atoms with van der Waals surface area (Å²) in [6.07, 6.45) is 0. The predicted octanol–water partition coefficient (Wildman–Crippen LogP) is 6.32. The van der Waals surface area contributed by atoms with E-state index in [0.717, 1.165) is 0 Å². The van der Waals surface area contributed by atoms with Crippen LogP contribution < -0.4 is 0 Å². The van der Waals surface area contributed by atoms with Crippen molar-refractivity contribution in [3.63, 3.8) is 0 Å². The SMILES string of the molecule is Cc1cc(C)c(C(Sc2ccccc2)[Si](C)(C)C)c(C)c1. The van der Waals surface area contributed by atoms with Gasteiger partial charge in [0.1, 0.15) is 0 Å². The normalized spacial score (nSPS) is 13.2. The van der Waals surface area contributed by atoms with Gasteiger partial charge in [-0.25, -0.2) is 0 Å². The van der Waals surface area contributed by atoms with E-state index >= 15 is 0 Å². The van der Waals surface area contributed by atoms with E-state index in [4.69, 9.17) is 0 Å². The van der Waals surface area contributed by atoms with Gasteiger partial charge in [-0.3, -0.25) is 0 Å². The molecule has 0 heterocycles. The molecule has 0 bridgehead atoms. The van der Waals surface area contributed by atoms with E-state index in [1.807, 2.05) is 11.8 Å². The molecule has 2 heteroatoms. The van der Waals surface area contributed by atoms with Gasteiger partial charge in [-0.1, -0.05) is 55.5 Å². The Balaban J connectivity index is 2.47. The molecular weight excluding hydrogens is 288 g/mol. The fourth-order valence-corrected chi connectivity index (χ4v) is 7.13. The molecule has 1 atom stereocenters. The van der Waals surface area contributed by atoms with Crippen LogP contribution in [0.5, 0.6) is 0 Å². The summed E-state index contributed by atoms with van der Waals surface area (Å²) in [5.74, 6) is 0. The molecule has 0 spiro atoms. The first-order valence-electron chi connectivity index (χ1n) is 7.58. The molecule has 21 heavy (non-hydrogen) atoms. The number of rotatable bonds is 4. The number of hydrogen-bond donors (Lipinski definition) is 0. The predicted molar refractivity (Wildman–Crippen MR) is 99.0 cm³/mol. The highest BCUT2D eigenvalue weighted by atomic mass is 32.2. The van der Waals surface area contributed by atoms with Crippen molar-refractivity contribution in [3.8, 4) is 0 Å². The van der Waals surface area contributed by atoms with Crippen LogP contribution in [0, 0.1) is 20.8 Å². The smallest absolute Gasteiger partial charge is 0.0648 e. The molecule has 0 aliphatic carbocycles. The third kappa shape index (κ3) is 4.01. The highest BCUT2D eigenvalue weighted by Crippen LogP contribution is 2.44. The third-order valence-electron chi connectivity index (χ3n) is 3.78. The van der Waals surface area contributed by atoms with Gasteiger partial charge in [0, 0.05) is 9.77 Å². The van der Waals surface area contributed by atoms with Crippen LogP contribution in [0.25, 0.3) is 0 Å². The van der Waals surface area contributed by atoms with Gasteiger partial charge in [0.15, 0.2) is 0 Å². The molecule has 0 aliphatic heterocycles. The van der Waals surface area contributed by atoms with Crippen LogP contribution in [-0.2, 0) is 0 Å². The molecule has 0 aliphatic rings. The molecule has 0 amide bonds. The first kappa shape index (κ1) is 16.4. The van der Waals surface area contributed by atoms with Crippen LogP contribution in [-0.4, -0.2) is 8.07 Å². The molecule has 0 nitrogen and oxygen atoms in total. The summed E-state index contributed by atoms with van der Waals surface area (Å²) in [4.78, 5) is 1.98. The Labute approximate surface area is 135 Å². The highest BCUT2D eigenvalue weighted by molar-refractivity contribution is 8.01. The molecule has 0 saturated carbocycles. The summed E-state index contributed by atoms with van der Waals surface area (Å²) >= 11 is 2.04. The van der Waals surface area contributed by atoms with Gasteiger partial charge in [-0.2, -0.15) is 0 Å². The van der Waals surface area contributed by atoms with Crippen LogP contribution in [0.15, 0.2) is 47.4 Å². The van der Waals surface area contributed by atoms with Crippen molar-refractivity contribution < 1.29 is 0 Å². The minimum Gasteiger partial charge on any atom is -0.121 e. The third-order valence-corrected chi connectivity index (χ3v) is 9.14. The molecule has 2 aromatic rings. The van der Waals surface area contributed by atoms with E-state index in [1.54, 1.807) is 5.56 Å². The van der Waals surface area contributed by atoms with Crippen molar-refractivity contribution in [2.45, 2.75) is 50.2 Å². The summed E-state index contributed by atoms with van der Waals surface area (Å²) in [6, 6.07) is 15.5. The summed E-state index contributed by atoms with van der Waals surface area (Å²) in [5, 5.41) is 0. The maximum Gasteiger partial charge on any atom is 0.0648 e. The standard InChI is InChI=1S/C19H26SSi/c1-14-12-15(2)18(16(3)13-14)19(21(4,5)6)20-17-10-8-7-9-11-17/h7-13,19H,1-6H3. The molecule has 0 radical (unpaired) electrons. The zero-order chi connectivity index (χ0) is 15.6. The van der Waals surface area contributed by atoms with Crippen molar-refractivity contribution in [2.24, 2.45) is 0 Å². The Morgan fingerprint density at radius 3 is 1.86 bits per heavy atom. The second-order valence-corrected chi connectivity index (χ2v) is 13.9. The molecule has 0 saturated heterocycles. The van der Waals surface area contributed by atoms with E-state index < -0.39 is 8.07 Å². The van der Waals surface area contributed by atoms with Crippen molar-refractivity contribution >= 4 is 19.8 Å². The summed E-state index contributed by atoms with van der Waals surface area (Å²) in [6.45, 7) is 14.2. The molecule has 2 rings (SSSR count). The Morgan fingerprint density at radius 2 is 1.38 bits per heavy atom. The largest absolute Gasteiger partial charge is 0.121 e. The number of aryl methyl sites for hydroxylation is 3. The number of thioether (sulfide) groups is 1. The lowest BCUT2D eigenvalue weighted by atomic mass is 10.0. The van der Waals surface area contributed by atoms with Gasteiger partial charge < -0.3 is 0 Å². The first-order chi connectivity index (χ1) is 9.79. The van der Waals surface area contributed by atoms with Gasteiger partial charge in [-0.05, 0) is 49.6 Å². The van der Waals surface area contributed by atoms with Crippen molar-refractivity contribution in [1.82, 2.24) is 0 Å². The van der Waals surface area contributed by atoms with Crippen molar-refractivity contribution in [2.75, 3.05) is 0 Å². The Hall–Kier alpha value is -0.993. The lowest BCUT2D eigenvalue weighted by Crippen LogP contribution is -2.30. The van der Waals surface area contributed by atoms with E-state index in [9.17, 15) is 0 Å². The fourth-order valence-electron chi connectivity index (χ4n) is 2.91. The minimum atomic E-state index is -1.33. The Kier molecular flexibility index (Phi) is 5.00. The monoisotopic (exact) mass is 314 g/mol. The first-order valence-corrected chi connectivity index (χ1v) is 12.0. The molecule has 1 unspecified atom stereocenters. The van der Waals surface area contributed by atoms with Crippen LogP contribution in [0.2, 0.25) is 19.6 Å². The van der Waals surface area contributed by atoms with Crippen LogP contribution in [0.1, 0.15) is 27.1 Å². The molecule has 0 aromatic heterocycles. The van der Waals surface area contributed by atoms with E-state index in [-0.39, 0.29) is 0 Å². The molecule has 0 fully saturated rings. The van der Waals surface area contributed by atoms with Gasteiger partial charge in [0.2, 0.25) is 0 Å². The van der Waals surface area contributed by atoms with Gasteiger partial charge >= 0.3 is 0 Å². The summed E-state index contributed by atoms with van der Waals surface area (Å²) in [7, 11) is -1.33. The lowest BCUT2D eigenvalue weighted by molar-refractivity contribution is 1.15. The molecular formula is C19H26SSi. The quantitative estimate of drug-likeness (QED) is 0.470. The Bertz CT molecular complexity index is 588. The maximum atomic E-state index is 2.48. The Morgan fingerprint density at radius 1 is 0.857 bits per heavy atom. The fraction of sp³-hybridized carbons (Fsp3) is 0.368. The van der Waals surface area contributed by atoms with E-state index in [2.05, 4.69) is 82.9 Å². The summed E-state index contributed by atoms with van der Waals surface area (Å²) < 4.78 is 0.